The van der Waals surface area contributed by atoms with E-state index in [1.54, 1.807) is 6.08 Å². The lowest BCUT2D eigenvalue weighted by Gasteiger charge is -2.32. The first-order valence-corrected chi connectivity index (χ1v) is 6.48. The second kappa shape index (κ2) is 7.11. The molecule has 1 amide bonds. The van der Waals surface area contributed by atoms with Crippen LogP contribution < -0.4 is 0 Å². The first-order valence-electron chi connectivity index (χ1n) is 6.48. The van der Waals surface area contributed by atoms with E-state index in [0.29, 0.717) is 5.57 Å². The summed E-state index contributed by atoms with van der Waals surface area (Å²) in [5.41, 5.74) is 0.555. The Kier molecular flexibility index (Phi) is 5.78. The quantitative estimate of drug-likeness (QED) is 0.321. The fourth-order valence-electron chi connectivity index (χ4n) is 1.84. The van der Waals surface area contributed by atoms with Gasteiger partial charge in [0.1, 0.15) is 12.8 Å². The van der Waals surface area contributed by atoms with Gasteiger partial charge in [0.25, 0.3) is 5.91 Å². The molecule has 4 heteroatoms. The van der Waals surface area contributed by atoms with Crippen LogP contribution in [-0.2, 0) is 4.79 Å². The summed E-state index contributed by atoms with van der Waals surface area (Å²) in [4.78, 5) is 16.2. The molecule has 0 atom stereocenters. The van der Waals surface area contributed by atoms with Crippen LogP contribution in [0.3, 0.4) is 0 Å². The molecular formula is C14H24N3O+. The number of likely N-dealkylation sites (N-methyl/N-ethyl adjacent to an activating group) is 1. The van der Waals surface area contributed by atoms with Gasteiger partial charge in [-0.05, 0) is 14.0 Å². The van der Waals surface area contributed by atoms with Gasteiger partial charge in [-0.25, -0.2) is 4.58 Å². The lowest BCUT2D eigenvalue weighted by molar-refractivity contribution is -0.448. The Morgan fingerprint density at radius 2 is 1.94 bits per heavy atom. The summed E-state index contributed by atoms with van der Waals surface area (Å²) in [6.45, 7) is 12.2. The van der Waals surface area contributed by atoms with Crippen LogP contribution in [0.15, 0.2) is 24.4 Å². The van der Waals surface area contributed by atoms with Crippen molar-refractivity contribution in [3.63, 3.8) is 0 Å². The molecule has 0 unspecified atom stereocenters. The first-order chi connectivity index (χ1) is 8.58. The molecule has 1 aliphatic rings. The van der Waals surface area contributed by atoms with Crippen LogP contribution in [0.4, 0.5) is 0 Å². The van der Waals surface area contributed by atoms with Gasteiger partial charge >= 0.3 is 0 Å². The molecule has 0 aromatic heterocycles. The summed E-state index contributed by atoms with van der Waals surface area (Å²) in [6.07, 6.45) is 5.67. The maximum atomic E-state index is 12.1. The number of carbonyl (C=O) groups is 1. The SMILES string of the molecule is C=C(C=C[N+](=CC)CC)C(=O)N1CCN(C)CC1. The maximum absolute atomic E-state index is 12.1. The molecule has 1 fully saturated rings. The molecule has 0 bridgehead atoms. The number of nitrogens with zero attached hydrogens (tertiary/aromatic N) is 3. The van der Waals surface area contributed by atoms with Crippen LogP contribution in [0.5, 0.6) is 0 Å². The van der Waals surface area contributed by atoms with E-state index in [2.05, 4.69) is 25.5 Å². The van der Waals surface area contributed by atoms with Crippen LogP contribution in [0, 0.1) is 0 Å². The molecule has 18 heavy (non-hydrogen) atoms. The van der Waals surface area contributed by atoms with E-state index in [0.717, 1.165) is 32.7 Å². The molecule has 0 aromatic carbocycles. The zero-order chi connectivity index (χ0) is 13.5. The van der Waals surface area contributed by atoms with Crippen molar-refractivity contribution in [1.29, 1.82) is 0 Å². The highest BCUT2D eigenvalue weighted by molar-refractivity contribution is 5.95. The van der Waals surface area contributed by atoms with E-state index < -0.39 is 0 Å². The van der Waals surface area contributed by atoms with Gasteiger partial charge in [-0.2, -0.15) is 0 Å². The van der Waals surface area contributed by atoms with Crippen LogP contribution in [0.2, 0.25) is 0 Å². The van der Waals surface area contributed by atoms with Crippen LogP contribution in [-0.4, -0.2) is 66.3 Å². The molecular weight excluding hydrogens is 226 g/mol. The molecule has 4 nitrogen and oxygen atoms in total. The Labute approximate surface area is 110 Å². The van der Waals surface area contributed by atoms with Crippen molar-refractivity contribution in [1.82, 2.24) is 9.80 Å². The molecule has 0 spiro atoms. The van der Waals surface area contributed by atoms with Gasteiger partial charge in [0.05, 0.1) is 0 Å². The zero-order valence-corrected chi connectivity index (χ0v) is 11.7. The van der Waals surface area contributed by atoms with Crippen LogP contribution >= 0.6 is 0 Å². The van der Waals surface area contributed by atoms with Gasteiger partial charge in [-0.3, -0.25) is 4.79 Å². The summed E-state index contributed by atoms with van der Waals surface area (Å²) in [5.74, 6) is 0.0477. The van der Waals surface area contributed by atoms with Gasteiger partial charge in [0, 0.05) is 44.8 Å². The van der Waals surface area contributed by atoms with E-state index in [1.807, 2.05) is 28.8 Å². The fraction of sp³-hybridized carbons (Fsp3) is 0.571. The van der Waals surface area contributed by atoms with Gasteiger partial charge in [-0.1, -0.05) is 6.58 Å². The van der Waals surface area contributed by atoms with Gasteiger partial charge in [-0.15, -0.1) is 0 Å². The second-order valence-electron chi connectivity index (χ2n) is 4.53. The topological polar surface area (TPSA) is 26.6 Å². The summed E-state index contributed by atoms with van der Waals surface area (Å²) in [7, 11) is 2.08. The normalized spacial score (nSPS) is 18.4. The van der Waals surface area contributed by atoms with Crippen molar-refractivity contribution < 1.29 is 9.37 Å². The molecule has 0 aromatic rings. The first kappa shape index (κ1) is 14.6. The third-order valence-corrected chi connectivity index (χ3v) is 3.23. The molecule has 100 valence electrons. The minimum atomic E-state index is 0.0477. The van der Waals surface area contributed by atoms with Gasteiger partial charge in [0.2, 0.25) is 0 Å². The predicted octanol–water partition coefficient (Wildman–Crippen LogP) is 0.953. The Morgan fingerprint density at radius 3 is 2.44 bits per heavy atom. The maximum Gasteiger partial charge on any atom is 0.253 e. The Morgan fingerprint density at radius 1 is 1.33 bits per heavy atom. The highest BCUT2D eigenvalue weighted by atomic mass is 16.2. The predicted molar refractivity (Wildman–Crippen MR) is 74.9 cm³/mol. The summed E-state index contributed by atoms with van der Waals surface area (Å²) < 4.78 is 2.02. The molecule has 1 aliphatic heterocycles. The lowest BCUT2D eigenvalue weighted by atomic mass is 10.2. The van der Waals surface area contributed by atoms with Crippen LogP contribution in [0.25, 0.3) is 0 Å². The highest BCUT2D eigenvalue weighted by Crippen LogP contribution is 2.06. The molecule has 0 saturated carbocycles. The Hall–Kier alpha value is -1.42. The number of carbonyl (C=O) groups excluding carboxylic acids is 1. The highest BCUT2D eigenvalue weighted by Gasteiger charge is 2.20. The second-order valence-corrected chi connectivity index (χ2v) is 4.53. The standard InChI is InChI=1S/C14H24N3O/c1-5-16(6-2)8-7-13(3)14(18)17-11-9-15(4)10-12-17/h5,7-8H,3,6,9-12H2,1-2,4H3/q+1. The van der Waals surface area contributed by atoms with Crippen LogP contribution in [0.1, 0.15) is 13.8 Å². The Balaban J connectivity index is 2.54. The third-order valence-electron chi connectivity index (χ3n) is 3.23. The van der Waals surface area contributed by atoms with Crippen molar-refractivity contribution in [2.24, 2.45) is 0 Å². The molecule has 0 radical (unpaired) electrons. The molecule has 0 aliphatic carbocycles. The van der Waals surface area contributed by atoms with E-state index in [-0.39, 0.29) is 5.91 Å². The molecule has 1 heterocycles. The number of amides is 1. The van der Waals surface area contributed by atoms with E-state index in [1.165, 1.54) is 0 Å². The van der Waals surface area contributed by atoms with Crippen molar-refractivity contribution in [2.45, 2.75) is 13.8 Å². The molecule has 1 rings (SSSR count). The fourth-order valence-corrected chi connectivity index (χ4v) is 1.84. The molecule has 1 saturated heterocycles. The number of hydrogen-bond donors (Lipinski definition) is 0. The third kappa shape index (κ3) is 4.11. The van der Waals surface area contributed by atoms with E-state index in [9.17, 15) is 4.79 Å². The summed E-state index contributed by atoms with van der Waals surface area (Å²) in [6, 6.07) is 0. The van der Waals surface area contributed by atoms with Crippen molar-refractivity contribution in [3.8, 4) is 0 Å². The van der Waals surface area contributed by atoms with Gasteiger partial charge < -0.3 is 9.80 Å². The van der Waals surface area contributed by atoms with Crippen molar-refractivity contribution >= 4 is 12.1 Å². The monoisotopic (exact) mass is 250 g/mol. The number of hydrogen-bond acceptors (Lipinski definition) is 2. The minimum Gasteiger partial charge on any atom is -0.336 e. The Bertz CT molecular complexity index is 363. The van der Waals surface area contributed by atoms with E-state index >= 15 is 0 Å². The average Bonchev–Trinajstić information content (AvgIpc) is 2.39. The smallest absolute Gasteiger partial charge is 0.253 e. The van der Waals surface area contributed by atoms with Crippen molar-refractivity contribution in [3.05, 3.63) is 24.4 Å². The molecule has 0 N–H and O–H groups in total. The average molecular weight is 250 g/mol. The summed E-state index contributed by atoms with van der Waals surface area (Å²) >= 11 is 0. The summed E-state index contributed by atoms with van der Waals surface area (Å²) in [5, 5.41) is 0. The number of piperazine rings is 1. The lowest BCUT2D eigenvalue weighted by Crippen LogP contribution is -2.47. The largest absolute Gasteiger partial charge is 0.336 e. The van der Waals surface area contributed by atoms with E-state index in [4.69, 9.17) is 0 Å². The number of rotatable bonds is 4. The minimum absolute atomic E-state index is 0.0477. The van der Waals surface area contributed by atoms with Crippen molar-refractivity contribution in [2.75, 3.05) is 39.8 Å². The zero-order valence-electron chi connectivity index (χ0n) is 11.7. The van der Waals surface area contributed by atoms with Gasteiger partial charge in [0.15, 0.2) is 6.20 Å².